The highest BCUT2D eigenvalue weighted by Gasteiger charge is 2.44. The highest BCUT2D eigenvalue weighted by Crippen LogP contribution is 2.40. The van der Waals surface area contributed by atoms with E-state index in [-0.39, 0.29) is 11.7 Å². The standard InChI is InChI=1S/C27H27F3N4O2/c1-36-27(18-4-6-19(28)7-5-18)10-13-33(14-11-27)26(35)23-17-34(25-3-2-12-31-32-25)16-22(23)21-9-8-20(29)15-24(21)30/h2-9,12,15,22-23H,10-11,13-14,16-17H2,1H3/t22-,23+/m0/s1. The van der Waals surface area contributed by atoms with Crippen LogP contribution in [0, 0.1) is 23.4 Å². The Bertz CT molecular complexity index is 1220. The van der Waals surface area contributed by atoms with Crippen LogP contribution >= 0.6 is 0 Å². The van der Waals surface area contributed by atoms with Crippen molar-refractivity contribution in [1.29, 1.82) is 0 Å². The largest absolute Gasteiger partial charge is 0.373 e. The van der Waals surface area contributed by atoms with E-state index >= 15 is 0 Å². The van der Waals surface area contributed by atoms with Gasteiger partial charge in [-0.15, -0.1) is 5.10 Å². The summed E-state index contributed by atoms with van der Waals surface area (Å²) >= 11 is 0. The fourth-order valence-corrected chi connectivity index (χ4v) is 5.51. The average Bonchev–Trinajstić information content (AvgIpc) is 3.34. The second kappa shape index (κ2) is 9.89. The number of anilines is 1. The molecule has 2 saturated heterocycles. The Hall–Kier alpha value is -3.46. The molecule has 2 aliphatic heterocycles. The second-order valence-corrected chi connectivity index (χ2v) is 9.40. The Morgan fingerprint density at radius 2 is 1.72 bits per heavy atom. The summed E-state index contributed by atoms with van der Waals surface area (Å²) in [6.07, 6.45) is 2.67. The number of aromatic nitrogens is 2. The van der Waals surface area contributed by atoms with Gasteiger partial charge in [0, 0.05) is 51.5 Å². The van der Waals surface area contributed by atoms with Crippen LogP contribution in [-0.2, 0) is 15.1 Å². The van der Waals surface area contributed by atoms with Crippen molar-refractivity contribution in [3.8, 4) is 0 Å². The van der Waals surface area contributed by atoms with Crippen LogP contribution in [0.3, 0.4) is 0 Å². The number of rotatable bonds is 5. The van der Waals surface area contributed by atoms with Crippen molar-refractivity contribution in [1.82, 2.24) is 15.1 Å². The van der Waals surface area contributed by atoms with E-state index < -0.39 is 29.1 Å². The molecule has 3 aromatic rings. The normalized spacial score (nSPS) is 21.6. The molecule has 9 heteroatoms. The van der Waals surface area contributed by atoms with Gasteiger partial charge in [0.05, 0.1) is 11.5 Å². The first-order chi connectivity index (χ1) is 17.4. The van der Waals surface area contributed by atoms with Crippen LogP contribution in [0.1, 0.15) is 29.9 Å². The lowest BCUT2D eigenvalue weighted by molar-refractivity contribution is -0.141. The molecule has 2 aromatic carbocycles. The van der Waals surface area contributed by atoms with E-state index in [0.717, 1.165) is 11.6 Å². The SMILES string of the molecule is COC1(c2ccc(F)cc2)CCN(C(=O)[C@@H]2CN(c3cccnn3)C[C@H]2c2ccc(F)cc2F)CC1. The zero-order chi connectivity index (χ0) is 25.3. The van der Waals surface area contributed by atoms with Crippen LogP contribution in [0.25, 0.3) is 0 Å². The second-order valence-electron chi connectivity index (χ2n) is 9.40. The first-order valence-corrected chi connectivity index (χ1v) is 12.0. The molecule has 0 N–H and O–H groups in total. The van der Waals surface area contributed by atoms with Crippen molar-refractivity contribution in [2.45, 2.75) is 24.4 Å². The summed E-state index contributed by atoms with van der Waals surface area (Å²) in [5.41, 5.74) is 0.587. The lowest BCUT2D eigenvalue weighted by Gasteiger charge is -2.42. The molecule has 2 aliphatic rings. The van der Waals surface area contributed by atoms with E-state index in [1.54, 1.807) is 42.5 Å². The molecular weight excluding hydrogens is 469 g/mol. The minimum atomic E-state index is -0.660. The molecule has 6 nitrogen and oxygen atoms in total. The maximum absolute atomic E-state index is 14.8. The van der Waals surface area contributed by atoms with Crippen molar-refractivity contribution in [3.63, 3.8) is 0 Å². The number of halogens is 3. The molecule has 188 valence electrons. The third-order valence-electron chi connectivity index (χ3n) is 7.53. The van der Waals surface area contributed by atoms with E-state index in [9.17, 15) is 18.0 Å². The predicted octanol–water partition coefficient (Wildman–Crippen LogP) is 4.28. The van der Waals surface area contributed by atoms with Gasteiger partial charge >= 0.3 is 0 Å². The molecule has 0 saturated carbocycles. The maximum Gasteiger partial charge on any atom is 0.228 e. The Morgan fingerprint density at radius 1 is 1.00 bits per heavy atom. The van der Waals surface area contributed by atoms with Gasteiger partial charge in [0.1, 0.15) is 17.5 Å². The fraction of sp³-hybridized carbons (Fsp3) is 0.370. The summed E-state index contributed by atoms with van der Waals surface area (Å²) in [5.74, 6) is -2.11. The van der Waals surface area contributed by atoms with Gasteiger partial charge in [-0.25, -0.2) is 13.2 Å². The highest BCUT2D eigenvalue weighted by atomic mass is 19.1. The molecule has 5 rings (SSSR count). The quantitative estimate of drug-likeness (QED) is 0.528. The molecule has 2 fully saturated rings. The van der Waals surface area contributed by atoms with E-state index in [1.165, 1.54) is 24.3 Å². The number of carbonyl (C=O) groups is 1. The molecule has 0 bridgehead atoms. The third-order valence-corrected chi connectivity index (χ3v) is 7.53. The number of nitrogens with zero attached hydrogens (tertiary/aromatic N) is 4. The van der Waals surface area contributed by atoms with E-state index in [2.05, 4.69) is 10.2 Å². The number of ether oxygens (including phenoxy) is 1. The molecule has 0 radical (unpaired) electrons. The summed E-state index contributed by atoms with van der Waals surface area (Å²) in [4.78, 5) is 17.5. The van der Waals surface area contributed by atoms with Crippen LogP contribution in [0.5, 0.6) is 0 Å². The summed E-state index contributed by atoms with van der Waals surface area (Å²) in [7, 11) is 1.63. The smallest absolute Gasteiger partial charge is 0.228 e. The topological polar surface area (TPSA) is 58.6 Å². The molecule has 3 heterocycles. The van der Waals surface area contributed by atoms with Crippen LogP contribution in [0.2, 0.25) is 0 Å². The van der Waals surface area contributed by atoms with Crippen molar-refractivity contribution in [2.75, 3.05) is 38.2 Å². The lowest BCUT2D eigenvalue weighted by Crippen LogP contribution is -2.48. The minimum absolute atomic E-state index is 0.0843. The van der Waals surface area contributed by atoms with Gasteiger partial charge in [0.2, 0.25) is 5.91 Å². The molecular formula is C27H27F3N4O2. The Kier molecular flexibility index (Phi) is 6.66. The number of benzene rings is 2. The number of amides is 1. The van der Waals surface area contributed by atoms with Gasteiger partial charge in [-0.2, -0.15) is 5.10 Å². The van der Waals surface area contributed by atoms with Crippen molar-refractivity contribution >= 4 is 11.7 Å². The van der Waals surface area contributed by atoms with Gasteiger partial charge in [-0.05, 0) is 54.3 Å². The summed E-state index contributed by atoms with van der Waals surface area (Å²) in [5, 5.41) is 8.08. The Labute approximate surface area is 207 Å². The van der Waals surface area contributed by atoms with Gasteiger partial charge in [-0.1, -0.05) is 18.2 Å². The molecule has 0 aliphatic carbocycles. The number of piperidine rings is 1. The van der Waals surface area contributed by atoms with Gasteiger partial charge in [-0.3, -0.25) is 4.79 Å². The molecule has 0 spiro atoms. The Balaban J connectivity index is 1.38. The van der Waals surface area contributed by atoms with Crippen molar-refractivity contribution in [2.24, 2.45) is 5.92 Å². The van der Waals surface area contributed by atoms with E-state index in [0.29, 0.717) is 50.4 Å². The maximum atomic E-state index is 14.8. The molecule has 1 aromatic heterocycles. The highest BCUT2D eigenvalue weighted by molar-refractivity contribution is 5.82. The number of hydrogen-bond donors (Lipinski definition) is 0. The minimum Gasteiger partial charge on any atom is -0.373 e. The van der Waals surface area contributed by atoms with Crippen LogP contribution < -0.4 is 4.90 Å². The van der Waals surface area contributed by atoms with Crippen LogP contribution in [0.15, 0.2) is 60.8 Å². The van der Waals surface area contributed by atoms with Crippen LogP contribution in [0.4, 0.5) is 19.0 Å². The van der Waals surface area contributed by atoms with E-state index in [1.807, 2.05) is 4.90 Å². The monoisotopic (exact) mass is 496 g/mol. The summed E-state index contributed by atoms with van der Waals surface area (Å²) < 4.78 is 47.8. The predicted molar refractivity (Wildman–Crippen MR) is 128 cm³/mol. The first kappa shape index (κ1) is 24.2. The van der Waals surface area contributed by atoms with Gasteiger partial charge in [0.25, 0.3) is 0 Å². The zero-order valence-corrected chi connectivity index (χ0v) is 19.9. The number of methoxy groups -OCH3 is 1. The molecule has 1 amide bonds. The molecule has 36 heavy (non-hydrogen) atoms. The lowest BCUT2D eigenvalue weighted by atomic mass is 9.82. The van der Waals surface area contributed by atoms with Crippen molar-refractivity contribution < 1.29 is 22.7 Å². The van der Waals surface area contributed by atoms with Crippen molar-refractivity contribution in [3.05, 3.63) is 89.4 Å². The summed E-state index contributed by atoms with van der Waals surface area (Å²) in [6, 6.07) is 13.3. The fourth-order valence-electron chi connectivity index (χ4n) is 5.51. The third kappa shape index (κ3) is 4.55. The first-order valence-electron chi connectivity index (χ1n) is 12.0. The average molecular weight is 497 g/mol. The van der Waals surface area contributed by atoms with Gasteiger partial charge < -0.3 is 14.5 Å². The molecule has 2 atom stereocenters. The van der Waals surface area contributed by atoms with Gasteiger partial charge in [0.15, 0.2) is 5.82 Å². The summed E-state index contributed by atoms with van der Waals surface area (Å²) in [6.45, 7) is 1.61. The number of carbonyl (C=O) groups excluding carboxylic acids is 1. The Morgan fingerprint density at radius 3 is 2.36 bits per heavy atom. The van der Waals surface area contributed by atoms with Crippen LogP contribution in [-0.4, -0.2) is 54.3 Å². The number of likely N-dealkylation sites (tertiary alicyclic amines) is 1. The molecule has 0 unspecified atom stereocenters. The number of hydrogen-bond acceptors (Lipinski definition) is 5. The zero-order valence-electron chi connectivity index (χ0n) is 19.9. The van der Waals surface area contributed by atoms with E-state index in [4.69, 9.17) is 4.74 Å².